The smallest absolute Gasteiger partial charge is 0.298 e. The van der Waals surface area contributed by atoms with Crippen LogP contribution in [-0.4, -0.2) is 33.0 Å². The fourth-order valence-corrected chi connectivity index (χ4v) is 4.50. The van der Waals surface area contributed by atoms with Crippen LogP contribution < -0.4 is 9.62 Å². The number of hydrogen-bond donors (Lipinski definition) is 1. The Morgan fingerprint density at radius 1 is 1.14 bits per heavy atom. The molecule has 0 radical (unpaired) electrons. The lowest BCUT2D eigenvalue weighted by Crippen LogP contribution is -2.39. The second-order valence-corrected chi connectivity index (χ2v) is 8.56. The highest BCUT2D eigenvalue weighted by Crippen LogP contribution is 2.26. The molecule has 3 aromatic rings. The largest absolute Gasteiger partial charge is 0.423 e. The molecule has 2 aromatic carbocycles. The molecule has 1 aromatic heterocycles. The first-order valence-corrected chi connectivity index (χ1v) is 10.5. The number of oxazole rings is 1. The Balaban J connectivity index is 1.35. The van der Waals surface area contributed by atoms with E-state index in [1.54, 1.807) is 0 Å². The van der Waals surface area contributed by atoms with Crippen molar-refractivity contribution in [3.8, 4) is 0 Å². The maximum Gasteiger partial charge on any atom is 0.298 e. The highest BCUT2D eigenvalue weighted by Gasteiger charge is 2.25. The van der Waals surface area contributed by atoms with Crippen LogP contribution in [0.1, 0.15) is 12.8 Å². The Kier molecular flexibility index (Phi) is 5.03. The highest BCUT2D eigenvalue weighted by atomic mass is 32.2. The molecular formula is C19H19F2N3O3S. The van der Waals surface area contributed by atoms with Crippen molar-refractivity contribution in [3.05, 3.63) is 54.1 Å². The van der Waals surface area contributed by atoms with Crippen molar-refractivity contribution in [2.75, 3.05) is 24.5 Å². The molecule has 148 valence electrons. The van der Waals surface area contributed by atoms with Crippen molar-refractivity contribution in [1.82, 2.24) is 9.71 Å². The van der Waals surface area contributed by atoms with Crippen molar-refractivity contribution >= 4 is 27.1 Å². The van der Waals surface area contributed by atoms with Crippen LogP contribution >= 0.6 is 0 Å². The number of sulfonamides is 1. The standard InChI is InChI=1S/C19H19F2N3O3S/c20-14-5-6-18(15(21)11-14)28(25,26)22-12-13-7-9-24(10-8-13)19-23-16-3-1-2-4-17(16)27-19/h1-6,11,13,22H,7-10,12H2. The van der Waals surface area contributed by atoms with Crippen LogP contribution in [-0.2, 0) is 10.0 Å². The van der Waals surface area contributed by atoms with E-state index in [0.29, 0.717) is 25.2 Å². The zero-order chi connectivity index (χ0) is 19.7. The summed E-state index contributed by atoms with van der Waals surface area (Å²) in [6, 6.07) is 10.5. The molecule has 0 unspecified atom stereocenters. The minimum atomic E-state index is -4.03. The highest BCUT2D eigenvalue weighted by molar-refractivity contribution is 7.89. The van der Waals surface area contributed by atoms with Crippen molar-refractivity contribution < 1.29 is 21.6 Å². The number of anilines is 1. The molecule has 0 bridgehead atoms. The van der Waals surface area contributed by atoms with Crippen LogP contribution in [0.25, 0.3) is 11.1 Å². The molecule has 28 heavy (non-hydrogen) atoms. The van der Waals surface area contributed by atoms with Crippen molar-refractivity contribution in [3.63, 3.8) is 0 Å². The number of fused-ring (bicyclic) bond motifs is 1. The van der Waals surface area contributed by atoms with Gasteiger partial charge in [0.2, 0.25) is 10.0 Å². The van der Waals surface area contributed by atoms with Gasteiger partial charge in [-0.25, -0.2) is 21.9 Å². The van der Waals surface area contributed by atoms with Crippen LogP contribution in [0.5, 0.6) is 0 Å². The van der Waals surface area contributed by atoms with Gasteiger partial charge in [-0.3, -0.25) is 0 Å². The van der Waals surface area contributed by atoms with Gasteiger partial charge in [0.1, 0.15) is 22.0 Å². The number of nitrogens with zero attached hydrogens (tertiary/aromatic N) is 2. The molecule has 0 atom stereocenters. The number of nitrogens with one attached hydrogen (secondary N) is 1. The average molecular weight is 407 g/mol. The maximum absolute atomic E-state index is 13.8. The minimum absolute atomic E-state index is 0.110. The summed E-state index contributed by atoms with van der Waals surface area (Å²) < 4.78 is 59.5. The van der Waals surface area contributed by atoms with Gasteiger partial charge < -0.3 is 9.32 Å². The monoisotopic (exact) mass is 407 g/mol. The van der Waals surface area contributed by atoms with Gasteiger partial charge in [0.25, 0.3) is 6.01 Å². The molecule has 1 aliphatic rings. The Hall–Kier alpha value is -2.52. The number of rotatable bonds is 5. The van der Waals surface area contributed by atoms with E-state index in [4.69, 9.17) is 4.42 Å². The van der Waals surface area contributed by atoms with Crippen molar-refractivity contribution in [1.29, 1.82) is 0 Å². The van der Waals surface area contributed by atoms with E-state index < -0.39 is 26.6 Å². The first kappa shape index (κ1) is 18.8. The van der Waals surface area contributed by atoms with Crippen LogP contribution in [0.4, 0.5) is 14.8 Å². The van der Waals surface area contributed by atoms with Gasteiger partial charge in [0.05, 0.1) is 0 Å². The number of halogens is 2. The molecule has 4 rings (SSSR count). The second kappa shape index (κ2) is 7.48. The Morgan fingerprint density at radius 2 is 1.89 bits per heavy atom. The lowest BCUT2D eigenvalue weighted by atomic mass is 9.97. The van der Waals surface area contributed by atoms with Crippen LogP contribution in [0.15, 0.2) is 51.8 Å². The molecule has 0 spiro atoms. The molecule has 1 saturated heterocycles. The quantitative estimate of drug-likeness (QED) is 0.702. The predicted molar refractivity (Wildman–Crippen MR) is 100 cm³/mol. The Bertz CT molecular complexity index is 1060. The summed E-state index contributed by atoms with van der Waals surface area (Å²) in [6.45, 7) is 1.56. The van der Waals surface area contributed by atoms with Gasteiger partial charge in [-0.2, -0.15) is 4.98 Å². The first-order valence-electron chi connectivity index (χ1n) is 8.97. The number of aromatic nitrogens is 1. The SMILES string of the molecule is O=S(=O)(NCC1CCN(c2nc3ccccc3o2)CC1)c1ccc(F)cc1F. The maximum atomic E-state index is 13.8. The molecule has 0 aliphatic carbocycles. The topological polar surface area (TPSA) is 75.4 Å². The van der Waals surface area contributed by atoms with Crippen LogP contribution in [0.3, 0.4) is 0 Å². The summed E-state index contributed by atoms with van der Waals surface area (Å²) in [5.74, 6) is -1.81. The number of hydrogen-bond acceptors (Lipinski definition) is 5. The van der Waals surface area contributed by atoms with Gasteiger partial charge in [0, 0.05) is 25.7 Å². The van der Waals surface area contributed by atoms with E-state index in [1.165, 1.54) is 0 Å². The van der Waals surface area contributed by atoms with Crippen LogP contribution in [0, 0.1) is 17.6 Å². The van der Waals surface area contributed by atoms with E-state index in [9.17, 15) is 17.2 Å². The minimum Gasteiger partial charge on any atom is -0.423 e. The number of piperidine rings is 1. The van der Waals surface area contributed by atoms with E-state index in [2.05, 4.69) is 9.71 Å². The summed E-state index contributed by atoms with van der Waals surface area (Å²) in [7, 11) is -4.03. The molecule has 9 heteroatoms. The average Bonchev–Trinajstić information content (AvgIpc) is 3.11. The third-order valence-corrected chi connectivity index (χ3v) is 6.37. The van der Waals surface area contributed by atoms with Gasteiger partial charge >= 0.3 is 0 Å². The Morgan fingerprint density at radius 3 is 2.61 bits per heavy atom. The normalized spacial score (nSPS) is 16.0. The fraction of sp³-hybridized carbons (Fsp3) is 0.316. The fourth-order valence-electron chi connectivity index (χ4n) is 3.32. The van der Waals surface area contributed by atoms with Crippen LogP contribution in [0.2, 0.25) is 0 Å². The zero-order valence-electron chi connectivity index (χ0n) is 14.9. The lowest BCUT2D eigenvalue weighted by Gasteiger charge is -2.30. The summed E-state index contributed by atoms with van der Waals surface area (Å²) >= 11 is 0. The molecule has 6 nitrogen and oxygen atoms in total. The molecule has 1 N–H and O–H groups in total. The van der Waals surface area contributed by atoms with Gasteiger partial charge in [0.15, 0.2) is 5.58 Å². The lowest BCUT2D eigenvalue weighted by molar-refractivity contribution is 0.387. The summed E-state index contributed by atoms with van der Waals surface area (Å²) in [5.41, 5.74) is 1.53. The van der Waals surface area contributed by atoms with Gasteiger partial charge in [-0.05, 0) is 43.0 Å². The molecule has 1 fully saturated rings. The zero-order valence-corrected chi connectivity index (χ0v) is 15.8. The summed E-state index contributed by atoms with van der Waals surface area (Å²) in [5, 5.41) is 0. The number of para-hydroxylation sites is 2. The molecular weight excluding hydrogens is 388 g/mol. The van der Waals surface area contributed by atoms with Gasteiger partial charge in [-0.15, -0.1) is 0 Å². The van der Waals surface area contributed by atoms with Crippen molar-refractivity contribution in [2.24, 2.45) is 5.92 Å². The molecule has 1 aliphatic heterocycles. The number of benzene rings is 2. The van der Waals surface area contributed by atoms with E-state index in [-0.39, 0.29) is 12.5 Å². The Labute approximate surface area is 161 Å². The molecule has 0 saturated carbocycles. The predicted octanol–water partition coefficient (Wildman–Crippen LogP) is 3.30. The molecule has 0 amide bonds. The summed E-state index contributed by atoms with van der Waals surface area (Å²) in [6.07, 6.45) is 1.49. The van der Waals surface area contributed by atoms with Gasteiger partial charge in [-0.1, -0.05) is 12.1 Å². The van der Waals surface area contributed by atoms with E-state index in [0.717, 1.165) is 36.1 Å². The van der Waals surface area contributed by atoms with E-state index >= 15 is 0 Å². The van der Waals surface area contributed by atoms with Crippen molar-refractivity contribution in [2.45, 2.75) is 17.7 Å². The first-order chi connectivity index (χ1) is 13.4. The molecule has 2 heterocycles. The third kappa shape index (κ3) is 3.85. The second-order valence-electron chi connectivity index (χ2n) is 6.82. The third-order valence-electron chi connectivity index (χ3n) is 4.91. The summed E-state index contributed by atoms with van der Waals surface area (Å²) in [4.78, 5) is 5.97. The van der Waals surface area contributed by atoms with E-state index in [1.807, 2.05) is 29.2 Å².